The van der Waals surface area contributed by atoms with Gasteiger partial charge in [-0.1, -0.05) is 6.58 Å². The Hall–Kier alpha value is -0.970. The monoisotopic (exact) mass is 190 g/mol. The van der Waals surface area contributed by atoms with Gasteiger partial charge in [0.2, 0.25) is 0 Å². The molecular weight excluding hydrogens is 178 g/mol. The van der Waals surface area contributed by atoms with E-state index in [1.165, 1.54) is 4.90 Å². The minimum absolute atomic E-state index is 0.330. The molecule has 0 saturated carbocycles. The molecule has 0 spiro atoms. The highest BCUT2D eigenvalue weighted by molar-refractivity contribution is 5.90. The molecule has 1 saturated heterocycles. The van der Waals surface area contributed by atoms with E-state index in [0.29, 0.717) is 19.6 Å². The van der Waals surface area contributed by atoms with Crippen molar-refractivity contribution in [2.45, 2.75) is 6.04 Å². The van der Waals surface area contributed by atoms with Crippen molar-refractivity contribution in [2.24, 2.45) is 0 Å². The quantitative estimate of drug-likeness (QED) is 0.632. The molecule has 13 heavy (non-hydrogen) atoms. The van der Waals surface area contributed by atoms with Crippen molar-refractivity contribution >= 4 is 5.91 Å². The number of carbonyl (C=O) groups excluding carboxylic acids is 1. The first-order chi connectivity index (χ1) is 6.16. The third-order valence-corrected chi connectivity index (χ3v) is 2.02. The van der Waals surface area contributed by atoms with Crippen LogP contribution in [0.3, 0.4) is 0 Å². The van der Waals surface area contributed by atoms with Crippen LogP contribution < -0.4 is 5.32 Å². The smallest absolute Gasteiger partial charge is 0.282 e. The molecule has 1 amide bonds. The first-order valence-corrected chi connectivity index (χ1v) is 4.09. The average Bonchev–Trinajstić information content (AvgIpc) is 2.16. The highest BCUT2D eigenvalue weighted by Crippen LogP contribution is 2.09. The van der Waals surface area contributed by atoms with E-state index in [1.807, 2.05) is 0 Å². The lowest BCUT2D eigenvalue weighted by atomic mass is 10.2. The van der Waals surface area contributed by atoms with Crippen LogP contribution in [0.4, 0.5) is 8.78 Å². The molecule has 1 fully saturated rings. The number of alkyl halides is 1. The molecule has 74 valence electrons. The first-order valence-electron chi connectivity index (χ1n) is 4.09. The van der Waals surface area contributed by atoms with E-state index < -0.39 is 24.5 Å². The van der Waals surface area contributed by atoms with Crippen LogP contribution in [0.15, 0.2) is 12.4 Å². The highest BCUT2D eigenvalue weighted by atomic mass is 19.1. The van der Waals surface area contributed by atoms with Crippen LogP contribution in [0.5, 0.6) is 0 Å². The summed E-state index contributed by atoms with van der Waals surface area (Å²) in [6, 6.07) is -0.561. The summed E-state index contributed by atoms with van der Waals surface area (Å²) in [4.78, 5) is 12.3. The fourth-order valence-corrected chi connectivity index (χ4v) is 1.32. The molecule has 1 aliphatic heterocycles. The maximum absolute atomic E-state index is 12.5. The van der Waals surface area contributed by atoms with Gasteiger partial charge in [-0.3, -0.25) is 4.79 Å². The van der Waals surface area contributed by atoms with Crippen LogP contribution in [0.1, 0.15) is 0 Å². The lowest BCUT2D eigenvalue weighted by Crippen LogP contribution is -2.54. The molecule has 0 aliphatic carbocycles. The number of rotatable bonds is 2. The fourth-order valence-electron chi connectivity index (χ4n) is 1.32. The molecule has 0 bridgehead atoms. The van der Waals surface area contributed by atoms with Crippen molar-refractivity contribution in [3.63, 3.8) is 0 Å². The molecule has 0 aromatic rings. The number of nitrogens with zero attached hydrogens (tertiary/aromatic N) is 1. The van der Waals surface area contributed by atoms with Gasteiger partial charge in [0.05, 0.1) is 6.04 Å². The summed E-state index contributed by atoms with van der Waals surface area (Å²) in [5, 5.41) is 2.92. The Morgan fingerprint density at radius 1 is 1.69 bits per heavy atom. The molecule has 1 unspecified atom stereocenters. The van der Waals surface area contributed by atoms with Gasteiger partial charge in [0, 0.05) is 19.6 Å². The Balaban J connectivity index is 2.64. The third-order valence-electron chi connectivity index (χ3n) is 2.02. The Bertz CT molecular complexity index is 220. The predicted octanol–water partition coefficient (Wildman–Crippen LogP) is 0.239. The van der Waals surface area contributed by atoms with Crippen molar-refractivity contribution in [1.29, 1.82) is 0 Å². The number of piperazine rings is 1. The molecule has 1 N–H and O–H groups in total. The van der Waals surface area contributed by atoms with Crippen LogP contribution in [-0.2, 0) is 4.79 Å². The van der Waals surface area contributed by atoms with Gasteiger partial charge in [-0.25, -0.2) is 8.78 Å². The predicted molar refractivity (Wildman–Crippen MR) is 44.6 cm³/mol. The van der Waals surface area contributed by atoms with Crippen LogP contribution in [0, 0.1) is 0 Å². The van der Waals surface area contributed by atoms with Crippen molar-refractivity contribution < 1.29 is 13.6 Å². The zero-order valence-electron chi connectivity index (χ0n) is 7.22. The summed E-state index contributed by atoms with van der Waals surface area (Å²) >= 11 is 0. The summed E-state index contributed by atoms with van der Waals surface area (Å²) < 4.78 is 24.8. The van der Waals surface area contributed by atoms with E-state index in [-0.39, 0.29) is 0 Å². The van der Waals surface area contributed by atoms with Crippen LogP contribution in [0.25, 0.3) is 0 Å². The van der Waals surface area contributed by atoms with Gasteiger partial charge in [-0.05, 0) is 0 Å². The van der Waals surface area contributed by atoms with E-state index in [4.69, 9.17) is 0 Å². The number of nitrogens with one attached hydrogen (secondary N) is 1. The maximum Gasteiger partial charge on any atom is 0.282 e. The van der Waals surface area contributed by atoms with Gasteiger partial charge in [-0.15, -0.1) is 0 Å². The summed E-state index contributed by atoms with van der Waals surface area (Å²) in [5.74, 6) is -1.83. The molecule has 0 radical (unpaired) electrons. The van der Waals surface area contributed by atoms with E-state index in [1.54, 1.807) is 0 Å². The van der Waals surface area contributed by atoms with Gasteiger partial charge in [0.1, 0.15) is 6.67 Å². The summed E-state index contributed by atoms with van der Waals surface area (Å²) in [7, 11) is 0. The van der Waals surface area contributed by atoms with E-state index in [0.717, 1.165) is 0 Å². The van der Waals surface area contributed by atoms with E-state index in [9.17, 15) is 13.6 Å². The van der Waals surface area contributed by atoms with Crippen LogP contribution >= 0.6 is 0 Å². The number of hydrogen-bond acceptors (Lipinski definition) is 2. The lowest BCUT2D eigenvalue weighted by molar-refractivity contribution is -0.132. The van der Waals surface area contributed by atoms with Crippen molar-refractivity contribution in [2.75, 3.05) is 26.3 Å². The normalized spacial score (nSPS) is 22.9. The van der Waals surface area contributed by atoms with E-state index in [2.05, 4.69) is 11.9 Å². The maximum atomic E-state index is 12.5. The molecule has 1 atom stereocenters. The fraction of sp³-hybridized carbons (Fsp3) is 0.625. The number of carbonyl (C=O) groups is 1. The minimum atomic E-state index is -1.03. The first kappa shape index (κ1) is 10.1. The van der Waals surface area contributed by atoms with Crippen LogP contribution in [-0.4, -0.2) is 43.2 Å². The van der Waals surface area contributed by atoms with Crippen molar-refractivity contribution in [1.82, 2.24) is 10.2 Å². The second-order valence-electron chi connectivity index (χ2n) is 2.92. The van der Waals surface area contributed by atoms with Gasteiger partial charge in [0.15, 0.2) is 5.83 Å². The topological polar surface area (TPSA) is 32.3 Å². The Labute approximate surface area is 75.4 Å². The second-order valence-corrected chi connectivity index (χ2v) is 2.92. The Kier molecular flexibility index (Phi) is 3.36. The molecule has 1 heterocycles. The lowest BCUT2D eigenvalue weighted by Gasteiger charge is -2.33. The SMILES string of the molecule is C=C(F)C(=O)N1CCNCC1CF. The van der Waals surface area contributed by atoms with Crippen molar-refractivity contribution in [3.05, 3.63) is 12.4 Å². The van der Waals surface area contributed by atoms with Gasteiger partial charge >= 0.3 is 0 Å². The number of hydrogen-bond donors (Lipinski definition) is 1. The standard InChI is InChI=1S/C8H12F2N2O/c1-6(10)8(13)12-3-2-11-5-7(12)4-9/h7,11H,1-5H2. The largest absolute Gasteiger partial charge is 0.328 e. The zero-order chi connectivity index (χ0) is 9.84. The Morgan fingerprint density at radius 2 is 2.38 bits per heavy atom. The second kappa shape index (κ2) is 4.32. The summed E-state index contributed by atoms with van der Waals surface area (Å²) in [6.45, 7) is 3.50. The number of amides is 1. The highest BCUT2D eigenvalue weighted by Gasteiger charge is 2.27. The van der Waals surface area contributed by atoms with Gasteiger partial charge in [0.25, 0.3) is 5.91 Å². The van der Waals surface area contributed by atoms with E-state index >= 15 is 0 Å². The van der Waals surface area contributed by atoms with Gasteiger partial charge < -0.3 is 10.2 Å². The molecule has 3 nitrogen and oxygen atoms in total. The van der Waals surface area contributed by atoms with Crippen LogP contribution in [0.2, 0.25) is 0 Å². The third kappa shape index (κ3) is 2.24. The molecular formula is C8H12F2N2O. The molecule has 1 rings (SSSR count). The molecule has 5 heteroatoms. The molecule has 1 aliphatic rings. The van der Waals surface area contributed by atoms with Crippen molar-refractivity contribution in [3.8, 4) is 0 Å². The Morgan fingerprint density at radius 3 is 2.92 bits per heavy atom. The summed E-state index contributed by atoms with van der Waals surface area (Å²) in [5.41, 5.74) is 0. The molecule has 0 aromatic carbocycles. The summed E-state index contributed by atoms with van der Waals surface area (Å²) in [6.07, 6.45) is 0. The average molecular weight is 190 g/mol. The molecule has 0 aromatic heterocycles. The minimum Gasteiger partial charge on any atom is -0.328 e. The zero-order valence-corrected chi connectivity index (χ0v) is 7.22. The number of halogens is 2. The van der Waals surface area contributed by atoms with Gasteiger partial charge in [-0.2, -0.15) is 0 Å².